The Kier molecular flexibility index (Phi) is 5.26. The van der Waals surface area contributed by atoms with Gasteiger partial charge in [-0.1, -0.05) is 0 Å². The lowest BCUT2D eigenvalue weighted by molar-refractivity contribution is -0.137. The van der Waals surface area contributed by atoms with E-state index in [1.807, 2.05) is 6.07 Å². The van der Waals surface area contributed by atoms with Crippen LogP contribution in [0.5, 0.6) is 0 Å². The van der Waals surface area contributed by atoms with E-state index in [9.17, 15) is 13.9 Å². The molecular weight excluding hydrogens is 376 g/mol. The Bertz CT molecular complexity index is 813. The molecule has 0 atom stereocenters. The van der Waals surface area contributed by atoms with Crippen molar-refractivity contribution in [2.75, 3.05) is 35.5 Å². The topological polar surface area (TPSA) is 120 Å². The number of aromatic amines is 1. The molecule has 12 heteroatoms. The first-order chi connectivity index (χ1) is 13.5. The minimum Gasteiger partial charge on any atom is -0.388 e. The van der Waals surface area contributed by atoms with Crippen molar-refractivity contribution in [3.63, 3.8) is 0 Å². The summed E-state index contributed by atoms with van der Waals surface area (Å²) in [6, 6.07) is 5.15. The first-order valence-electron chi connectivity index (χ1n) is 8.82. The van der Waals surface area contributed by atoms with Gasteiger partial charge in [0.15, 0.2) is 11.6 Å². The lowest BCUT2D eigenvalue weighted by Gasteiger charge is -2.35. The van der Waals surface area contributed by atoms with Crippen molar-refractivity contribution in [1.82, 2.24) is 20.7 Å². The average Bonchev–Trinajstić information content (AvgIpc) is 3.27. The summed E-state index contributed by atoms with van der Waals surface area (Å²) in [6.45, 7) is -1.71. The van der Waals surface area contributed by atoms with Gasteiger partial charge >= 0.3 is 6.61 Å². The van der Waals surface area contributed by atoms with Gasteiger partial charge in [0.1, 0.15) is 5.82 Å². The molecule has 0 unspecified atom stereocenters. The van der Waals surface area contributed by atoms with Gasteiger partial charge < -0.3 is 25.3 Å². The van der Waals surface area contributed by atoms with E-state index >= 15 is 0 Å². The van der Waals surface area contributed by atoms with Gasteiger partial charge in [0.25, 0.3) is 0 Å². The van der Waals surface area contributed by atoms with Crippen LogP contribution in [0.2, 0.25) is 0 Å². The molecule has 0 radical (unpaired) electrons. The smallest absolute Gasteiger partial charge is 0.345 e. The van der Waals surface area contributed by atoms with Crippen LogP contribution in [-0.4, -0.2) is 52.3 Å². The number of fused-ring (bicyclic) bond motifs is 1. The zero-order valence-electron chi connectivity index (χ0n) is 14.9. The van der Waals surface area contributed by atoms with Crippen molar-refractivity contribution in [3.8, 4) is 0 Å². The van der Waals surface area contributed by atoms with Crippen molar-refractivity contribution in [3.05, 3.63) is 23.9 Å². The Hall–Kier alpha value is -2.54. The molecule has 0 spiro atoms. The molecule has 1 saturated heterocycles. The molecule has 28 heavy (non-hydrogen) atoms. The molecule has 2 aromatic heterocycles. The molecule has 4 rings (SSSR count). The highest BCUT2D eigenvalue weighted by Crippen LogP contribution is 2.32. The van der Waals surface area contributed by atoms with Crippen LogP contribution in [0.15, 0.2) is 18.2 Å². The van der Waals surface area contributed by atoms with Gasteiger partial charge in [-0.25, -0.2) is 4.98 Å². The summed E-state index contributed by atoms with van der Waals surface area (Å²) >= 11 is 0. The van der Waals surface area contributed by atoms with Gasteiger partial charge in [-0.2, -0.15) is 13.9 Å². The van der Waals surface area contributed by atoms with Gasteiger partial charge in [-0.05, 0) is 12.1 Å². The highest BCUT2D eigenvalue weighted by atomic mass is 19.3. The number of hydrazine groups is 2. The van der Waals surface area contributed by atoms with E-state index in [-0.39, 0.29) is 6.61 Å². The molecule has 2 aliphatic rings. The van der Waals surface area contributed by atoms with Crippen LogP contribution in [0, 0.1) is 0 Å². The third-order valence-electron chi connectivity index (χ3n) is 4.58. The number of ether oxygens (including phenoxy) is 2. The van der Waals surface area contributed by atoms with Crippen molar-refractivity contribution in [1.29, 1.82) is 0 Å². The number of aromatic nitrogens is 3. The Balaban J connectivity index is 1.43. The van der Waals surface area contributed by atoms with E-state index in [0.29, 0.717) is 55.7 Å². The summed E-state index contributed by atoms with van der Waals surface area (Å²) in [5.41, 5.74) is 6.34. The SMILES string of the molecule is OC1(CN2NNc3ccc(Nc4cc(COC(F)F)[nH]n4)nc32)CCOCC1. The van der Waals surface area contributed by atoms with Crippen LogP contribution in [0.1, 0.15) is 18.5 Å². The number of anilines is 4. The molecule has 2 aromatic rings. The second-order valence-electron chi connectivity index (χ2n) is 6.70. The molecule has 0 saturated carbocycles. The number of alkyl halides is 2. The number of hydrogen-bond donors (Lipinski definition) is 5. The summed E-state index contributed by atoms with van der Waals surface area (Å²) < 4.78 is 33.8. The van der Waals surface area contributed by atoms with Crippen molar-refractivity contribution >= 4 is 23.1 Å². The maximum absolute atomic E-state index is 12.1. The average molecular weight is 397 g/mol. The van der Waals surface area contributed by atoms with Gasteiger partial charge in [0.05, 0.1) is 30.1 Å². The van der Waals surface area contributed by atoms with E-state index in [4.69, 9.17) is 4.74 Å². The molecule has 0 bridgehead atoms. The molecule has 2 aliphatic heterocycles. The number of aliphatic hydroxyl groups is 1. The Labute approximate surface area is 159 Å². The summed E-state index contributed by atoms with van der Waals surface area (Å²) in [7, 11) is 0. The summed E-state index contributed by atoms with van der Waals surface area (Å²) in [4.78, 5) is 4.55. The van der Waals surface area contributed by atoms with Crippen molar-refractivity contribution in [2.45, 2.75) is 31.7 Å². The number of H-pyrrole nitrogens is 1. The maximum atomic E-state index is 12.1. The monoisotopic (exact) mass is 397 g/mol. The number of nitrogens with zero attached hydrogens (tertiary/aromatic N) is 3. The summed E-state index contributed by atoms with van der Waals surface area (Å²) in [6.07, 6.45) is 1.10. The fraction of sp³-hybridized carbons (Fsp3) is 0.500. The number of nitrogens with one attached hydrogen (secondary N) is 4. The highest BCUT2D eigenvalue weighted by Gasteiger charge is 2.35. The normalized spacial score (nSPS) is 18.2. The van der Waals surface area contributed by atoms with E-state index in [0.717, 1.165) is 5.69 Å². The van der Waals surface area contributed by atoms with Crippen molar-refractivity contribution in [2.24, 2.45) is 0 Å². The Morgan fingerprint density at radius 1 is 1.32 bits per heavy atom. The number of hydrogen-bond acceptors (Lipinski definition) is 9. The quantitative estimate of drug-likeness (QED) is 0.473. The highest BCUT2D eigenvalue weighted by molar-refractivity contribution is 5.72. The van der Waals surface area contributed by atoms with Crippen LogP contribution in [0.4, 0.5) is 31.9 Å². The van der Waals surface area contributed by atoms with Crippen LogP contribution < -0.4 is 21.3 Å². The second kappa shape index (κ2) is 7.83. The lowest BCUT2D eigenvalue weighted by atomic mass is 9.94. The molecule has 0 aliphatic carbocycles. The zero-order chi connectivity index (χ0) is 19.6. The summed E-state index contributed by atoms with van der Waals surface area (Å²) in [5.74, 6) is 1.57. The lowest BCUT2D eigenvalue weighted by Crippen LogP contribution is -2.51. The van der Waals surface area contributed by atoms with E-state index in [1.165, 1.54) is 0 Å². The standard InChI is InChI=1S/C16H21F2N7O3/c17-15(18)28-8-10-7-13(23-21-10)19-12-2-1-11-14(20-12)25(24-22-11)9-16(26)3-5-27-6-4-16/h1-2,7,15,22,24,26H,3-6,8-9H2,(H2,19,20,21,23). The third kappa shape index (κ3) is 4.30. The molecule has 4 heterocycles. The minimum absolute atomic E-state index is 0.270. The van der Waals surface area contributed by atoms with Crippen LogP contribution >= 0.6 is 0 Å². The van der Waals surface area contributed by atoms with E-state index in [1.54, 1.807) is 17.1 Å². The minimum atomic E-state index is -2.84. The summed E-state index contributed by atoms with van der Waals surface area (Å²) in [5, 5.41) is 22.1. The molecule has 10 nitrogen and oxygen atoms in total. The van der Waals surface area contributed by atoms with Crippen LogP contribution in [0.3, 0.4) is 0 Å². The molecular formula is C16H21F2N7O3. The van der Waals surface area contributed by atoms with Crippen molar-refractivity contribution < 1.29 is 23.4 Å². The third-order valence-corrected chi connectivity index (χ3v) is 4.58. The van der Waals surface area contributed by atoms with Gasteiger partial charge in [-0.3, -0.25) is 10.1 Å². The molecule has 5 N–H and O–H groups in total. The number of rotatable bonds is 7. The maximum Gasteiger partial charge on any atom is 0.345 e. The fourth-order valence-corrected chi connectivity index (χ4v) is 3.10. The zero-order valence-corrected chi connectivity index (χ0v) is 14.9. The molecule has 152 valence electrons. The fourth-order valence-electron chi connectivity index (χ4n) is 3.10. The molecule has 0 aromatic carbocycles. The number of β-amino-alcohol motifs (C(OH)–C–C–N with tert-alkyl or cyclic N) is 1. The van der Waals surface area contributed by atoms with Gasteiger partial charge in [0, 0.05) is 32.1 Å². The van der Waals surface area contributed by atoms with E-state index in [2.05, 4.69) is 36.2 Å². The number of pyridine rings is 1. The first-order valence-corrected chi connectivity index (χ1v) is 8.82. The largest absolute Gasteiger partial charge is 0.388 e. The molecule has 0 amide bonds. The number of halogens is 2. The Morgan fingerprint density at radius 2 is 2.14 bits per heavy atom. The van der Waals surface area contributed by atoms with E-state index < -0.39 is 12.2 Å². The first kappa shape index (κ1) is 18.8. The Morgan fingerprint density at radius 3 is 2.93 bits per heavy atom. The predicted molar refractivity (Wildman–Crippen MR) is 96.0 cm³/mol. The van der Waals surface area contributed by atoms with Crippen LogP contribution in [-0.2, 0) is 16.1 Å². The molecule has 1 fully saturated rings. The van der Waals surface area contributed by atoms with Gasteiger partial charge in [0.2, 0.25) is 0 Å². The van der Waals surface area contributed by atoms with Crippen LogP contribution in [0.25, 0.3) is 0 Å². The second-order valence-corrected chi connectivity index (χ2v) is 6.70. The van der Waals surface area contributed by atoms with Gasteiger partial charge in [-0.15, -0.1) is 5.53 Å². The predicted octanol–water partition coefficient (Wildman–Crippen LogP) is 1.48.